The average Bonchev–Trinajstić information content (AvgIpc) is 2.99. The maximum atomic E-state index is 13.7. The van der Waals surface area contributed by atoms with Crippen LogP contribution in [0.4, 0.5) is 10.2 Å². The first-order valence-corrected chi connectivity index (χ1v) is 6.15. The lowest BCUT2D eigenvalue weighted by molar-refractivity contribution is 0.608. The van der Waals surface area contributed by atoms with Gasteiger partial charge in [0.1, 0.15) is 17.2 Å². The SMILES string of the molecule is Nc1c(-c2cccs2)nnn1-c1ccccc1F. The number of anilines is 1. The van der Waals surface area contributed by atoms with Crippen LogP contribution in [0, 0.1) is 5.82 Å². The summed E-state index contributed by atoms with van der Waals surface area (Å²) in [5.41, 5.74) is 6.85. The number of halogens is 1. The second kappa shape index (κ2) is 4.23. The number of rotatable bonds is 2. The molecule has 0 saturated carbocycles. The summed E-state index contributed by atoms with van der Waals surface area (Å²) in [6.45, 7) is 0. The van der Waals surface area contributed by atoms with E-state index in [9.17, 15) is 4.39 Å². The van der Waals surface area contributed by atoms with Crippen LogP contribution in [0.1, 0.15) is 0 Å². The minimum atomic E-state index is -0.383. The lowest BCUT2D eigenvalue weighted by Gasteiger charge is -2.03. The normalized spacial score (nSPS) is 10.7. The predicted octanol–water partition coefficient (Wildman–Crippen LogP) is 2.72. The second-order valence-corrected chi connectivity index (χ2v) is 4.61. The molecule has 0 fully saturated rings. The Labute approximate surface area is 106 Å². The number of aromatic nitrogens is 3. The molecule has 0 bridgehead atoms. The van der Waals surface area contributed by atoms with Crippen LogP contribution in [0.2, 0.25) is 0 Å². The first kappa shape index (κ1) is 10.9. The monoisotopic (exact) mass is 260 g/mol. The summed E-state index contributed by atoms with van der Waals surface area (Å²) in [4.78, 5) is 0.912. The zero-order valence-corrected chi connectivity index (χ0v) is 10.1. The highest BCUT2D eigenvalue weighted by Crippen LogP contribution is 2.29. The van der Waals surface area contributed by atoms with E-state index >= 15 is 0 Å². The van der Waals surface area contributed by atoms with E-state index in [0.29, 0.717) is 17.2 Å². The first-order chi connectivity index (χ1) is 8.77. The summed E-state index contributed by atoms with van der Waals surface area (Å²) in [7, 11) is 0. The summed E-state index contributed by atoms with van der Waals surface area (Å²) >= 11 is 1.51. The van der Waals surface area contributed by atoms with Crippen molar-refractivity contribution in [1.29, 1.82) is 0 Å². The molecule has 90 valence electrons. The van der Waals surface area contributed by atoms with Gasteiger partial charge in [0.05, 0.1) is 4.88 Å². The fourth-order valence-corrected chi connectivity index (χ4v) is 2.40. The molecular weight excluding hydrogens is 251 g/mol. The van der Waals surface area contributed by atoms with Crippen molar-refractivity contribution < 1.29 is 4.39 Å². The average molecular weight is 260 g/mol. The van der Waals surface area contributed by atoms with Crippen molar-refractivity contribution >= 4 is 17.2 Å². The molecule has 0 aliphatic heterocycles. The molecule has 2 heterocycles. The predicted molar refractivity (Wildman–Crippen MR) is 69.0 cm³/mol. The largest absolute Gasteiger partial charge is 0.382 e. The second-order valence-electron chi connectivity index (χ2n) is 3.66. The minimum Gasteiger partial charge on any atom is -0.382 e. The zero-order valence-electron chi connectivity index (χ0n) is 9.25. The number of nitrogens with two attached hydrogens (primary N) is 1. The smallest absolute Gasteiger partial charge is 0.156 e. The molecule has 0 aliphatic rings. The van der Waals surface area contributed by atoms with Gasteiger partial charge < -0.3 is 5.73 Å². The standard InChI is InChI=1S/C12H9FN4S/c13-8-4-1-2-5-9(8)17-12(14)11(15-16-17)10-6-3-7-18-10/h1-7H,14H2. The molecule has 3 aromatic rings. The summed E-state index contributed by atoms with van der Waals surface area (Å²) in [5.74, 6) is -0.0469. The Morgan fingerprint density at radius 3 is 2.72 bits per heavy atom. The molecule has 18 heavy (non-hydrogen) atoms. The van der Waals surface area contributed by atoms with Crippen molar-refractivity contribution in [1.82, 2.24) is 15.0 Å². The molecule has 1 aromatic carbocycles. The minimum absolute atomic E-state index is 0.297. The Morgan fingerprint density at radius 2 is 2.00 bits per heavy atom. The van der Waals surface area contributed by atoms with Crippen LogP contribution in [-0.2, 0) is 0 Å². The van der Waals surface area contributed by atoms with E-state index in [0.717, 1.165) is 4.88 Å². The Morgan fingerprint density at radius 1 is 1.17 bits per heavy atom. The van der Waals surface area contributed by atoms with Crippen LogP contribution in [0.5, 0.6) is 0 Å². The third kappa shape index (κ3) is 1.67. The maximum Gasteiger partial charge on any atom is 0.156 e. The van der Waals surface area contributed by atoms with E-state index in [2.05, 4.69) is 10.3 Å². The fourth-order valence-electron chi connectivity index (χ4n) is 1.68. The molecule has 0 saturated heterocycles. The summed E-state index contributed by atoms with van der Waals surface area (Å²) in [6.07, 6.45) is 0. The number of hydrogen-bond donors (Lipinski definition) is 1. The quantitative estimate of drug-likeness (QED) is 0.770. The van der Waals surface area contributed by atoms with E-state index in [1.165, 1.54) is 22.1 Å². The van der Waals surface area contributed by atoms with Crippen LogP contribution in [0.25, 0.3) is 16.3 Å². The third-order valence-corrected chi connectivity index (χ3v) is 3.42. The molecule has 2 N–H and O–H groups in total. The highest BCUT2D eigenvalue weighted by Gasteiger charge is 2.15. The molecule has 0 atom stereocenters. The Bertz CT molecular complexity index is 675. The van der Waals surface area contributed by atoms with Gasteiger partial charge in [0.2, 0.25) is 0 Å². The molecule has 0 unspecified atom stereocenters. The number of thiophene rings is 1. The van der Waals surface area contributed by atoms with E-state index in [1.807, 2.05) is 17.5 Å². The molecule has 0 radical (unpaired) electrons. The molecule has 0 spiro atoms. The van der Waals surface area contributed by atoms with Gasteiger partial charge in [-0.15, -0.1) is 16.4 Å². The van der Waals surface area contributed by atoms with Gasteiger partial charge in [0, 0.05) is 0 Å². The Hall–Kier alpha value is -2.21. The molecule has 3 rings (SSSR count). The molecule has 2 aromatic heterocycles. The van der Waals surface area contributed by atoms with Crippen molar-refractivity contribution in [3.05, 3.63) is 47.6 Å². The van der Waals surface area contributed by atoms with Gasteiger partial charge in [-0.05, 0) is 23.6 Å². The fraction of sp³-hybridized carbons (Fsp3) is 0. The van der Waals surface area contributed by atoms with E-state index in [4.69, 9.17) is 5.73 Å². The van der Waals surface area contributed by atoms with Crippen molar-refractivity contribution in [2.24, 2.45) is 0 Å². The summed E-state index contributed by atoms with van der Waals surface area (Å²) in [5, 5.41) is 9.85. The lowest BCUT2D eigenvalue weighted by Crippen LogP contribution is -2.04. The molecule has 4 nitrogen and oxygen atoms in total. The number of nitrogens with zero attached hydrogens (tertiary/aromatic N) is 3. The van der Waals surface area contributed by atoms with Gasteiger partial charge in [0.25, 0.3) is 0 Å². The van der Waals surface area contributed by atoms with Gasteiger partial charge in [-0.1, -0.05) is 23.4 Å². The molecular formula is C12H9FN4S. The molecule has 0 amide bonds. The topological polar surface area (TPSA) is 56.7 Å². The van der Waals surface area contributed by atoms with Gasteiger partial charge in [-0.2, -0.15) is 4.68 Å². The maximum absolute atomic E-state index is 13.7. The van der Waals surface area contributed by atoms with E-state index in [1.54, 1.807) is 18.2 Å². The highest BCUT2D eigenvalue weighted by atomic mass is 32.1. The summed E-state index contributed by atoms with van der Waals surface area (Å²) in [6, 6.07) is 10.1. The zero-order chi connectivity index (χ0) is 12.5. The molecule has 6 heteroatoms. The van der Waals surface area contributed by atoms with Gasteiger partial charge in [-0.25, -0.2) is 4.39 Å². The number of para-hydroxylation sites is 1. The van der Waals surface area contributed by atoms with E-state index < -0.39 is 0 Å². The van der Waals surface area contributed by atoms with Crippen LogP contribution >= 0.6 is 11.3 Å². The lowest BCUT2D eigenvalue weighted by atomic mass is 10.3. The van der Waals surface area contributed by atoms with E-state index in [-0.39, 0.29) is 5.82 Å². The van der Waals surface area contributed by atoms with Gasteiger partial charge in [-0.3, -0.25) is 0 Å². The summed E-state index contributed by atoms with van der Waals surface area (Å²) < 4.78 is 15.0. The van der Waals surface area contributed by atoms with Crippen LogP contribution < -0.4 is 5.73 Å². The highest BCUT2D eigenvalue weighted by molar-refractivity contribution is 7.13. The van der Waals surface area contributed by atoms with Gasteiger partial charge >= 0.3 is 0 Å². The van der Waals surface area contributed by atoms with Crippen LogP contribution in [0.3, 0.4) is 0 Å². The molecule has 0 aliphatic carbocycles. The van der Waals surface area contributed by atoms with Crippen LogP contribution in [0.15, 0.2) is 41.8 Å². The Kier molecular flexibility index (Phi) is 2.56. The number of benzene rings is 1. The number of nitrogen functional groups attached to an aromatic ring is 1. The van der Waals surface area contributed by atoms with Crippen molar-refractivity contribution in [2.75, 3.05) is 5.73 Å². The van der Waals surface area contributed by atoms with Crippen LogP contribution in [-0.4, -0.2) is 15.0 Å². The first-order valence-electron chi connectivity index (χ1n) is 5.27. The van der Waals surface area contributed by atoms with Gasteiger partial charge in [0.15, 0.2) is 5.82 Å². The Balaban J connectivity index is 2.14. The van der Waals surface area contributed by atoms with Crippen molar-refractivity contribution in [2.45, 2.75) is 0 Å². The number of hydrogen-bond acceptors (Lipinski definition) is 4. The van der Waals surface area contributed by atoms with Crippen molar-refractivity contribution in [3.63, 3.8) is 0 Å². The third-order valence-electron chi connectivity index (χ3n) is 2.54. The van der Waals surface area contributed by atoms with Crippen molar-refractivity contribution in [3.8, 4) is 16.3 Å².